The zero-order valence-corrected chi connectivity index (χ0v) is 21.5. The summed E-state index contributed by atoms with van der Waals surface area (Å²) in [5.41, 5.74) is 7.72. The third kappa shape index (κ3) is 4.93. The highest BCUT2D eigenvalue weighted by Gasteiger charge is 2.14. The molecule has 0 aliphatic rings. The quantitative estimate of drug-likeness (QED) is 0.169. The Morgan fingerprint density at radius 2 is 1.66 bits per heavy atom. The number of para-hydroxylation sites is 1. The van der Waals surface area contributed by atoms with Crippen LogP contribution in [0, 0.1) is 0 Å². The molecule has 35 heavy (non-hydrogen) atoms. The van der Waals surface area contributed by atoms with Crippen LogP contribution >= 0.6 is 11.8 Å². The lowest BCUT2D eigenvalue weighted by molar-refractivity contribution is 0.316. The maximum atomic E-state index is 5.07. The van der Waals surface area contributed by atoms with Crippen LogP contribution in [0.25, 0.3) is 45.0 Å². The second-order valence-electron chi connectivity index (χ2n) is 8.72. The average molecular weight is 481 g/mol. The number of nitrogens with one attached hydrogen (secondary N) is 2. The maximum Gasteiger partial charge on any atom is 0.0986 e. The lowest BCUT2D eigenvalue weighted by Gasteiger charge is -2.19. The number of thioether (sulfide) groups is 1. The van der Waals surface area contributed by atoms with E-state index in [4.69, 9.17) is 4.98 Å². The fourth-order valence-electron chi connectivity index (χ4n) is 4.60. The van der Waals surface area contributed by atoms with Gasteiger partial charge in [0.2, 0.25) is 0 Å². The molecule has 0 fully saturated rings. The van der Waals surface area contributed by atoms with Crippen molar-refractivity contribution in [1.82, 2.24) is 14.9 Å². The number of aromatic amines is 1. The van der Waals surface area contributed by atoms with E-state index in [-0.39, 0.29) is 0 Å². The van der Waals surface area contributed by atoms with E-state index in [1.54, 1.807) is 11.8 Å². The molecule has 0 radical (unpaired) electrons. The van der Waals surface area contributed by atoms with E-state index in [1.165, 1.54) is 10.5 Å². The Kier molecular flexibility index (Phi) is 7.07. The third-order valence-corrected chi connectivity index (χ3v) is 7.40. The topological polar surface area (TPSA) is 44.0 Å². The van der Waals surface area contributed by atoms with Crippen molar-refractivity contribution in [1.29, 1.82) is 0 Å². The smallest absolute Gasteiger partial charge is 0.0986 e. The molecule has 2 N–H and O–H groups in total. The fraction of sp³-hybridized carbons (Fsp3) is 0.233. The van der Waals surface area contributed by atoms with Crippen molar-refractivity contribution < 1.29 is 0 Å². The first-order valence-electron chi connectivity index (χ1n) is 12.3. The molecule has 5 aromatic rings. The zero-order valence-electron chi connectivity index (χ0n) is 20.6. The summed E-state index contributed by atoms with van der Waals surface area (Å²) in [5, 5.41) is 6.07. The molecule has 0 saturated carbocycles. The van der Waals surface area contributed by atoms with Gasteiger partial charge in [-0.15, -0.1) is 11.8 Å². The van der Waals surface area contributed by atoms with E-state index in [0.29, 0.717) is 0 Å². The molecule has 4 nitrogen and oxygen atoms in total. The molecule has 0 amide bonds. The predicted octanol–water partition coefficient (Wildman–Crippen LogP) is 7.52. The first-order chi connectivity index (χ1) is 17.2. The lowest BCUT2D eigenvalue weighted by atomic mass is 10.1. The van der Waals surface area contributed by atoms with E-state index < -0.39 is 0 Å². The van der Waals surface area contributed by atoms with E-state index in [9.17, 15) is 0 Å². The Balaban J connectivity index is 1.56. The first kappa shape index (κ1) is 23.5. The van der Waals surface area contributed by atoms with Gasteiger partial charge < -0.3 is 15.2 Å². The molecule has 3 aromatic carbocycles. The molecular weight excluding hydrogens is 448 g/mol. The standard InChI is InChI=1S/C30H32N4S/c1-4-34(5-2)19-18-31-28-25-20-22(11-10-21-12-15-23(35-3)16-13-21)14-17-27(25)32-29-24-8-6-7-9-26(24)33-30(28)29/h6-17,20,33H,4-5,18-19H2,1-3H3,(H,31,32)/b11-10+. The maximum absolute atomic E-state index is 5.07. The molecule has 2 aromatic heterocycles. The van der Waals surface area contributed by atoms with Crippen molar-refractivity contribution >= 4 is 62.4 Å². The van der Waals surface area contributed by atoms with Gasteiger partial charge in [0, 0.05) is 34.3 Å². The highest BCUT2D eigenvalue weighted by Crippen LogP contribution is 2.35. The molecule has 0 aliphatic heterocycles. The molecule has 0 unspecified atom stereocenters. The minimum absolute atomic E-state index is 0.882. The second kappa shape index (κ2) is 10.5. The van der Waals surface area contributed by atoms with Gasteiger partial charge in [0.25, 0.3) is 0 Å². The molecule has 5 rings (SSSR count). The van der Waals surface area contributed by atoms with Crippen LogP contribution in [-0.4, -0.2) is 47.3 Å². The summed E-state index contributed by atoms with van der Waals surface area (Å²) in [5.74, 6) is 0. The van der Waals surface area contributed by atoms with Crippen LogP contribution in [0.5, 0.6) is 0 Å². The number of benzene rings is 3. The van der Waals surface area contributed by atoms with Crippen LogP contribution in [0.1, 0.15) is 25.0 Å². The monoisotopic (exact) mass is 480 g/mol. The Morgan fingerprint density at radius 1 is 0.914 bits per heavy atom. The number of rotatable bonds is 9. The molecular formula is C30H32N4S. The molecule has 0 bridgehead atoms. The highest BCUT2D eigenvalue weighted by atomic mass is 32.2. The molecule has 0 saturated heterocycles. The van der Waals surface area contributed by atoms with Gasteiger partial charge in [-0.05, 0) is 60.8 Å². The Hall–Kier alpha value is -3.28. The summed E-state index contributed by atoms with van der Waals surface area (Å²) in [6.45, 7) is 8.44. The summed E-state index contributed by atoms with van der Waals surface area (Å²) in [6, 6.07) is 23.6. The number of pyridine rings is 1. The minimum atomic E-state index is 0.882. The number of anilines is 1. The molecule has 178 valence electrons. The van der Waals surface area contributed by atoms with Crippen LogP contribution < -0.4 is 5.32 Å². The number of hydrogen-bond donors (Lipinski definition) is 2. The van der Waals surface area contributed by atoms with Crippen molar-refractivity contribution in [3.8, 4) is 0 Å². The van der Waals surface area contributed by atoms with Gasteiger partial charge in [-0.2, -0.15) is 0 Å². The van der Waals surface area contributed by atoms with E-state index in [0.717, 1.165) is 70.3 Å². The average Bonchev–Trinajstić information content (AvgIpc) is 3.28. The minimum Gasteiger partial charge on any atom is -0.381 e. The third-order valence-electron chi connectivity index (χ3n) is 6.66. The Bertz CT molecular complexity index is 1480. The summed E-state index contributed by atoms with van der Waals surface area (Å²) < 4.78 is 0. The van der Waals surface area contributed by atoms with Gasteiger partial charge in [0.15, 0.2) is 0 Å². The number of nitrogens with zero attached hydrogens (tertiary/aromatic N) is 2. The molecule has 0 spiro atoms. The van der Waals surface area contributed by atoms with Crippen LogP contribution in [0.15, 0.2) is 71.6 Å². The molecule has 2 heterocycles. The van der Waals surface area contributed by atoms with Gasteiger partial charge in [0.05, 0.1) is 22.2 Å². The second-order valence-corrected chi connectivity index (χ2v) is 9.60. The predicted molar refractivity (Wildman–Crippen MR) is 155 cm³/mol. The van der Waals surface area contributed by atoms with Crippen LogP contribution in [-0.2, 0) is 0 Å². The first-order valence-corrected chi connectivity index (χ1v) is 13.5. The van der Waals surface area contributed by atoms with Gasteiger partial charge >= 0.3 is 0 Å². The summed E-state index contributed by atoms with van der Waals surface area (Å²) in [6.07, 6.45) is 6.46. The largest absolute Gasteiger partial charge is 0.381 e. The van der Waals surface area contributed by atoms with Crippen molar-refractivity contribution in [3.05, 3.63) is 77.9 Å². The summed E-state index contributed by atoms with van der Waals surface area (Å²) in [4.78, 5) is 12.4. The van der Waals surface area contributed by atoms with E-state index in [1.807, 2.05) is 0 Å². The number of aromatic nitrogens is 2. The fourth-order valence-corrected chi connectivity index (χ4v) is 5.01. The van der Waals surface area contributed by atoms with Gasteiger partial charge in [0.1, 0.15) is 0 Å². The van der Waals surface area contributed by atoms with E-state index >= 15 is 0 Å². The van der Waals surface area contributed by atoms with E-state index in [2.05, 4.69) is 114 Å². The van der Waals surface area contributed by atoms with Crippen molar-refractivity contribution in [2.45, 2.75) is 18.7 Å². The van der Waals surface area contributed by atoms with Crippen LogP contribution in [0.4, 0.5) is 5.69 Å². The van der Waals surface area contributed by atoms with Crippen molar-refractivity contribution in [3.63, 3.8) is 0 Å². The van der Waals surface area contributed by atoms with Gasteiger partial charge in [-0.1, -0.05) is 62.4 Å². The van der Waals surface area contributed by atoms with Crippen molar-refractivity contribution in [2.75, 3.05) is 37.8 Å². The zero-order chi connectivity index (χ0) is 24.2. The Morgan fingerprint density at radius 3 is 2.43 bits per heavy atom. The number of H-pyrrole nitrogens is 1. The van der Waals surface area contributed by atoms with Crippen molar-refractivity contribution in [2.24, 2.45) is 0 Å². The van der Waals surface area contributed by atoms with Crippen LogP contribution in [0.2, 0.25) is 0 Å². The van der Waals surface area contributed by atoms with Gasteiger partial charge in [-0.3, -0.25) is 0 Å². The summed E-state index contributed by atoms with van der Waals surface area (Å²) in [7, 11) is 0. The van der Waals surface area contributed by atoms with Crippen LogP contribution in [0.3, 0.4) is 0 Å². The molecule has 0 aliphatic carbocycles. The van der Waals surface area contributed by atoms with Gasteiger partial charge in [-0.25, -0.2) is 4.98 Å². The molecule has 5 heteroatoms. The lowest BCUT2D eigenvalue weighted by Crippen LogP contribution is -2.28. The highest BCUT2D eigenvalue weighted by molar-refractivity contribution is 7.98. The number of fused-ring (bicyclic) bond motifs is 4. The summed E-state index contributed by atoms with van der Waals surface area (Å²) >= 11 is 1.76. The normalized spacial score (nSPS) is 12.0. The number of hydrogen-bond acceptors (Lipinski definition) is 4. The Labute approximate surface area is 211 Å². The SMILES string of the molecule is CCN(CC)CCNc1c2cc(/C=C/c3ccc(SC)cc3)ccc2nc2c1[nH]c1ccccc12. The molecule has 0 atom stereocenters. The number of likely N-dealkylation sites (N-methyl/N-ethyl adjacent to an activating group) is 1.